The molecule has 2 rings (SSSR count). The SMILES string of the molecule is O=C(Nc1ccc([O-])c(C(=O)O)c1)OC1CCCCC1. The molecular weight excluding hydrogens is 262 g/mol. The number of carboxylic acid groups (broad SMARTS) is 1. The first kappa shape index (κ1) is 14.2. The van der Waals surface area contributed by atoms with Gasteiger partial charge in [0.25, 0.3) is 0 Å². The van der Waals surface area contributed by atoms with E-state index in [1.807, 2.05) is 0 Å². The summed E-state index contributed by atoms with van der Waals surface area (Å²) >= 11 is 0. The van der Waals surface area contributed by atoms with E-state index in [1.165, 1.54) is 6.07 Å². The van der Waals surface area contributed by atoms with Gasteiger partial charge in [0, 0.05) is 5.69 Å². The first-order valence-electron chi connectivity index (χ1n) is 6.58. The zero-order chi connectivity index (χ0) is 14.5. The molecule has 1 saturated carbocycles. The zero-order valence-electron chi connectivity index (χ0n) is 10.9. The van der Waals surface area contributed by atoms with Crippen LogP contribution < -0.4 is 10.4 Å². The molecule has 20 heavy (non-hydrogen) atoms. The number of benzene rings is 1. The van der Waals surface area contributed by atoms with E-state index in [-0.39, 0.29) is 17.4 Å². The lowest BCUT2D eigenvalue weighted by atomic mass is 9.98. The Morgan fingerprint density at radius 3 is 2.60 bits per heavy atom. The van der Waals surface area contributed by atoms with Crippen LogP contribution in [0.4, 0.5) is 10.5 Å². The van der Waals surface area contributed by atoms with Crippen molar-refractivity contribution < 1.29 is 24.5 Å². The van der Waals surface area contributed by atoms with Gasteiger partial charge in [-0.05, 0) is 37.8 Å². The van der Waals surface area contributed by atoms with Crippen molar-refractivity contribution in [2.24, 2.45) is 0 Å². The van der Waals surface area contributed by atoms with E-state index in [9.17, 15) is 14.7 Å². The molecule has 6 heteroatoms. The molecule has 1 aromatic rings. The van der Waals surface area contributed by atoms with E-state index in [0.29, 0.717) is 0 Å². The molecule has 108 valence electrons. The molecule has 0 radical (unpaired) electrons. The van der Waals surface area contributed by atoms with Crippen molar-refractivity contribution in [3.63, 3.8) is 0 Å². The number of anilines is 1. The molecule has 0 unspecified atom stereocenters. The van der Waals surface area contributed by atoms with Gasteiger partial charge in [-0.15, -0.1) is 0 Å². The van der Waals surface area contributed by atoms with Gasteiger partial charge in [-0.25, -0.2) is 9.59 Å². The van der Waals surface area contributed by atoms with Crippen LogP contribution in [0.5, 0.6) is 5.75 Å². The number of ether oxygens (including phenoxy) is 1. The lowest BCUT2D eigenvalue weighted by Crippen LogP contribution is -2.24. The van der Waals surface area contributed by atoms with Crippen LogP contribution in [0.3, 0.4) is 0 Å². The van der Waals surface area contributed by atoms with Crippen molar-refractivity contribution in [1.29, 1.82) is 0 Å². The molecular formula is C14H16NO5-. The van der Waals surface area contributed by atoms with Crippen molar-refractivity contribution >= 4 is 17.7 Å². The Morgan fingerprint density at radius 1 is 1.25 bits per heavy atom. The maximum absolute atomic E-state index is 11.7. The monoisotopic (exact) mass is 278 g/mol. The highest BCUT2D eigenvalue weighted by Gasteiger charge is 2.17. The van der Waals surface area contributed by atoms with Gasteiger partial charge < -0.3 is 14.9 Å². The van der Waals surface area contributed by atoms with Crippen molar-refractivity contribution in [3.05, 3.63) is 23.8 Å². The molecule has 6 nitrogen and oxygen atoms in total. The highest BCUT2D eigenvalue weighted by molar-refractivity contribution is 5.93. The van der Waals surface area contributed by atoms with Crippen LogP contribution in [0.15, 0.2) is 18.2 Å². The van der Waals surface area contributed by atoms with E-state index in [0.717, 1.165) is 44.2 Å². The van der Waals surface area contributed by atoms with Gasteiger partial charge in [-0.1, -0.05) is 18.2 Å². The van der Waals surface area contributed by atoms with E-state index in [2.05, 4.69) is 5.32 Å². The standard InChI is InChI=1S/C14H17NO5/c16-12-7-6-9(8-11(12)13(17)18)15-14(19)20-10-4-2-1-3-5-10/h6-8,10,16H,1-5H2,(H,15,19)(H,17,18)/p-1. The number of hydrogen-bond acceptors (Lipinski definition) is 4. The van der Waals surface area contributed by atoms with Gasteiger partial charge in [0.15, 0.2) is 0 Å². The smallest absolute Gasteiger partial charge is 0.411 e. The Balaban J connectivity index is 1.96. The van der Waals surface area contributed by atoms with Gasteiger partial charge in [-0.3, -0.25) is 5.32 Å². The summed E-state index contributed by atoms with van der Waals surface area (Å²) < 4.78 is 5.25. The number of amides is 1. The van der Waals surface area contributed by atoms with Gasteiger partial charge in [0.1, 0.15) is 6.10 Å². The van der Waals surface area contributed by atoms with Gasteiger partial charge >= 0.3 is 12.1 Å². The quantitative estimate of drug-likeness (QED) is 0.884. The predicted octanol–water partition coefficient (Wildman–Crippen LogP) is 2.34. The Morgan fingerprint density at radius 2 is 1.95 bits per heavy atom. The third kappa shape index (κ3) is 3.63. The summed E-state index contributed by atoms with van der Waals surface area (Å²) in [6, 6.07) is 3.60. The van der Waals surface area contributed by atoms with Gasteiger partial charge in [-0.2, -0.15) is 0 Å². The average Bonchev–Trinajstić information content (AvgIpc) is 2.41. The van der Waals surface area contributed by atoms with E-state index in [1.54, 1.807) is 0 Å². The van der Waals surface area contributed by atoms with Crippen LogP contribution in [0, 0.1) is 0 Å². The number of carbonyl (C=O) groups is 2. The fraction of sp³-hybridized carbons (Fsp3) is 0.429. The summed E-state index contributed by atoms with van der Waals surface area (Å²) in [5, 5.41) is 22.6. The Kier molecular flexibility index (Phi) is 4.45. The topological polar surface area (TPSA) is 98.7 Å². The van der Waals surface area contributed by atoms with Crippen molar-refractivity contribution in [3.8, 4) is 5.75 Å². The lowest BCUT2D eigenvalue weighted by molar-refractivity contribution is -0.268. The van der Waals surface area contributed by atoms with Crippen LogP contribution in [0.2, 0.25) is 0 Å². The first-order chi connectivity index (χ1) is 9.56. The number of hydrogen-bond donors (Lipinski definition) is 2. The number of carboxylic acids is 1. The Labute approximate surface area is 116 Å². The second-order valence-corrected chi connectivity index (χ2v) is 4.81. The van der Waals surface area contributed by atoms with Crippen molar-refractivity contribution in [2.75, 3.05) is 5.32 Å². The minimum Gasteiger partial charge on any atom is -0.872 e. The molecule has 1 aromatic carbocycles. The maximum Gasteiger partial charge on any atom is 0.411 e. The highest BCUT2D eigenvalue weighted by atomic mass is 16.6. The minimum atomic E-state index is -1.32. The fourth-order valence-electron chi connectivity index (χ4n) is 2.26. The lowest BCUT2D eigenvalue weighted by Gasteiger charge is -2.22. The van der Waals surface area contributed by atoms with Crippen molar-refractivity contribution in [2.45, 2.75) is 38.2 Å². The average molecular weight is 278 g/mol. The van der Waals surface area contributed by atoms with Crippen LogP contribution >= 0.6 is 0 Å². The summed E-state index contributed by atoms with van der Waals surface area (Å²) in [7, 11) is 0. The number of nitrogens with one attached hydrogen (secondary N) is 1. The molecule has 0 aliphatic heterocycles. The molecule has 1 fully saturated rings. The Hall–Kier alpha value is -2.24. The molecule has 0 heterocycles. The minimum absolute atomic E-state index is 0.0820. The number of rotatable bonds is 3. The fourth-order valence-corrected chi connectivity index (χ4v) is 2.26. The maximum atomic E-state index is 11.7. The molecule has 1 aliphatic carbocycles. The van der Waals surface area contributed by atoms with Crippen LogP contribution in [-0.2, 0) is 4.74 Å². The van der Waals surface area contributed by atoms with Gasteiger partial charge in [0.2, 0.25) is 0 Å². The van der Waals surface area contributed by atoms with E-state index >= 15 is 0 Å². The predicted molar refractivity (Wildman–Crippen MR) is 69.8 cm³/mol. The molecule has 1 aliphatic rings. The molecule has 0 aromatic heterocycles. The van der Waals surface area contributed by atoms with Crippen LogP contribution in [0.25, 0.3) is 0 Å². The highest BCUT2D eigenvalue weighted by Crippen LogP contribution is 2.22. The molecule has 0 saturated heterocycles. The Bertz CT molecular complexity index is 508. The van der Waals surface area contributed by atoms with Crippen LogP contribution in [-0.4, -0.2) is 23.3 Å². The second kappa shape index (κ2) is 6.27. The zero-order valence-corrected chi connectivity index (χ0v) is 10.9. The molecule has 0 atom stereocenters. The summed E-state index contributed by atoms with van der Waals surface area (Å²) in [5.74, 6) is -1.91. The largest absolute Gasteiger partial charge is 0.872 e. The summed E-state index contributed by atoms with van der Waals surface area (Å²) in [6.45, 7) is 0. The third-order valence-corrected chi connectivity index (χ3v) is 3.28. The normalized spacial score (nSPS) is 15.6. The summed E-state index contributed by atoms with van der Waals surface area (Å²) in [6.07, 6.45) is 4.26. The molecule has 2 N–H and O–H groups in total. The van der Waals surface area contributed by atoms with Gasteiger partial charge in [0.05, 0.1) is 5.56 Å². The molecule has 0 spiro atoms. The third-order valence-electron chi connectivity index (χ3n) is 3.28. The first-order valence-corrected chi connectivity index (χ1v) is 6.58. The number of aromatic carboxylic acids is 1. The van der Waals surface area contributed by atoms with Crippen LogP contribution in [0.1, 0.15) is 42.5 Å². The van der Waals surface area contributed by atoms with E-state index < -0.39 is 17.8 Å². The number of carbonyl (C=O) groups excluding carboxylic acids is 1. The molecule has 0 bridgehead atoms. The molecule has 1 amide bonds. The second-order valence-electron chi connectivity index (χ2n) is 4.81. The summed E-state index contributed by atoms with van der Waals surface area (Å²) in [5.41, 5.74) is -0.136. The summed E-state index contributed by atoms with van der Waals surface area (Å²) in [4.78, 5) is 22.5. The van der Waals surface area contributed by atoms with Crippen molar-refractivity contribution in [1.82, 2.24) is 0 Å². The van der Waals surface area contributed by atoms with E-state index in [4.69, 9.17) is 9.84 Å².